The van der Waals surface area contributed by atoms with Gasteiger partial charge in [-0.2, -0.15) is 13.2 Å². The molecule has 0 aliphatic carbocycles. The molecule has 1 aromatic rings. The molecule has 1 unspecified atom stereocenters. The molecule has 0 heterocycles. The molecule has 0 radical (unpaired) electrons. The van der Waals surface area contributed by atoms with Crippen LogP contribution < -0.4 is 5.73 Å². The SMILES string of the molecule is Cc1cc(C(N)C(F)(F)F)ccc1F. The molecule has 0 aromatic heterocycles. The summed E-state index contributed by atoms with van der Waals surface area (Å²) >= 11 is 0. The zero-order valence-electron chi connectivity index (χ0n) is 7.40. The number of benzene rings is 1. The molecule has 0 bridgehead atoms. The van der Waals surface area contributed by atoms with E-state index < -0.39 is 18.0 Å². The van der Waals surface area contributed by atoms with E-state index in [4.69, 9.17) is 5.73 Å². The fourth-order valence-electron chi connectivity index (χ4n) is 1.05. The van der Waals surface area contributed by atoms with Crippen molar-refractivity contribution in [3.05, 3.63) is 35.1 Å². The largest absolute Gasteiger partial charge is 0.407 e. The van der Waals surface area contributed by atoms with Gasteiger partial charge in [0.1, 0.15) is 11.9 Å². The van der Waals surface area contributed by atoms with Crippen LogP contribution in [0.1, 0.15) is 17.2 Å². The number of hydrogen-bond acceptors (Lipinski definition) is 1. The second-order valence-corrected chi connectivity index (χ2v) is 3.03. The first-order valence-corrected chi connectivity index (χ1v) is 3.90. The monoisotopic (exact) mass is 207 g/mol. The van der Waals surface area contributed by atoms with Crippen molar-refractivity contribution in [1.29, 1.82) is 0 Å². The van der Waals surface area contributed by atoms with Gasteiger partial charge in [0.15, 0.2) is 0 Å². The van der Waals surface area contributed by atoms with Crippen molar-refractivity contribution in [2.45, 2.75) is 19.1 Å². The summed E-state index contributed by atoms with van der Waals surface area (Å²) in [6.45, 7) is 1.39. The molecule has 5 heteroatoms. The maximum absolute atomic E-state index is 12.7. The molecule has 0 fully saturated rings. The average Bonchev–Trinajstić information content (AvgIpc) is 2.07. The first-order valence-electron chi connectivity index (χ1n) is 3.90. The van der Waals surface area contributed by atoms with E-state index in [0.717, 1.165) is 18.2 Å². The predicted octanol–water partition coefficient (Wildman–Crippen LogP) is 2.70. The summed E-state index contributed by atoms with van der Waals surface area (Å²) in [5, 5.41) is 0. The number of nitrogens with two attached hydrogens (primary N) is 1. The zero-order chi connectivity index (χ0) is 10.9. The van der Waals surface area contributed by atoms with Crippen molar-refractivity contribution in [1.82, 2.24) is 0 Å². The summed E-state index contributed by atoms with van der Waals surface area (Å²) in [7, 11) is 0. The van der Waals surface area contributed by atoms with Gasteiger partial charge in [0.2, 0.25) is 0 Å². The van der Waals surface area contributed by atoms with E-state index >= 15 is 0 Å². The molecule has 0 aliphatic rings. The van der Waals surface area contributed by atoms with Crippen LogP contribution in [0.3, 0.4) is 0 Å². The van der Waals surface area contributed by atoms with Crippen LogP contribution in [0.2, 0.25) is 0 Å². The van der Waals surface area contributed by atoms with Crippen molar-refractivity contribution < 1.29 is 17.6 Å². The van der Waals surface area contributed by atoms with Crippen molar-refractivity contribution >= 4 is 0 Å². The van der Waals surface area contributed by atoms with Crippen LogP contribution in [0.4, 0.5) is 17.6 Å². The number of halogens is 4. The lowest BCUT2D eigenvalue weighted by atomic mass is 10.0. The van der Waals surface area contributed by atoms with Crippen LogP contribution >= 0.6 is 0 Å². The summed E-state index contributed by atoms with van der Waals surface area (Å²) in [5.74, 6) is -0.539. The fourth-order valence-corrected chi connectivity index (χ4v) is 1.05. The summed E-state index contributed by atoms with van der Waals surface area (Å²) < 4.78 is 49.2. The third-order valence-electron chi connectivity index (χ3n) is 1.89. The topological polar surface area (TPSA) is 26.0 Å². The Morgan fingerprint density at radius 1 is 1.29 bits per heavy atom. The van der Waals surface area contributed by atoms with Gasteiger partial charge in [0.25, 0.3) is 0 Å². The standard InChI is InChI=1S/C9H9F4N/c1-5-4-6(2-3-7(5)10)8(14)9(11,12)13/h2-4,8H,14H2,1H3. The number of hydrogen-bond donors (Lipinski definition) is 1. The maximum Gasteiger partial charge on any atom is 0.407 e. The Hall–Kier alpha value is -1.10. The lowest BCUT2D eigenvalue weighted by Crippen LogP contribution is -2.28. The van der Waals surface area contributed by atoms with Gasteiger partial charge < -0.3 is 5.73 Å². The quantitative estimate of drug-likeness (QED) is 0.704. The summed E-state index contributed by atoms with van der Waals surface area (Å²) in [6.07, 6.45) is -4.50. The highest BCUT2D eigenvalue weighted by Gasteiger charge is 2.37. The number of aryl methyl sites for hydroxylation is 1. The summed E-state index contributed by atoms with van der Waals surface area (Å²) in [4.78, 5) is 0. The maximum atomic E-state index is 12.7. The molecule has 2 N–H and O–H groups in total. The van der Waals surface area contributed by atoms with E-state index in [1.807, 2.05) is 0 Å². The van der Waals surface area contributed by atoms with Gasteiger partial charge >= 0.3 is 6.18 Å². The Balaban J connectivity index is 3.03. The van der Waals surface area contributed by atoms with Gasteiger partial charge in [-0.15, -0.1) is 0 Å². The Kier molecular flexibility index (Phi) is 2.80. The molecule has 1 nitrogen and oxygen atoms in total. The Morgan fingerprint density at radius 2 is 1.86 bits per heavy atom. The summed E-state index contributed by atoms with van der Waals surface area (Å²) in [5.41, 5.74) is 4.97. The van der Waals surface area contributed by atoms with E-state index in [0.29, 0.717) is 0 Å². The molecule has 0 amide bonds. The highest BCUT2D eigenvalue weighted by atomic mass is 19.4. The van der Waals surface area contributed by atoms with Crippen molar-refractivity contribution in [3.63, 3.8) is 0 Å². The summed E-state index contributed by atoms with van der Waals surface area (Å²) in [6, 6.07) is 1.08. The zero-order valence-corrected chi connectivity index (χ0v) is 7.40. The van der Waals surface area contributed by atoms with Crippen LogP contribution in [-0.4, -0.2) is 6.18 Å². The van der Waals surface area contributed by atoms with Gasteiger partial charge in [-0.25, -0.2) is 4.39 Å². The Morgan fingerprint density at radius 3 is 2.29 bits per heavy atom. The van der Waals surface area contributed by atoms with E-state index in [1.54, 1.807) is 0 Å². The second kappa shape index (κ2) is 3.57. The van der Waals surface area contributed by atoms with Crippen LogP contribution in [0.25, 0.3) is 0 Å². The third-order valence-corrected chi connectivity index (χ3v) is 1.89. The molecular formula is C9H9F4N. The van der Waals surface area contributed by atoms with Crippen LogP contribution in [0.5, 0.6) is 0 Å². The molecule has 0 saturated carbocycles. The Labute approximate surface area is 78.5 Å². The van der Waals surface area contributed by atoms with Gasteiger partial charge in [-0.1, -0.05) is 12.1 Å². The van der Waals surface area contributed by atoms with Gasteiger partial charge in [0.05, 0.1) is 0 Å². The molecule has 0 aliphatic heterocycles. The molecule has 1 atom stereocenters. The molecular weight excluding hydrogens is 198 g/mol. The van der Waals surface area contributed by atoms with Gasteiger partial charge in [-0.05, 0) is 24.1 Å². The minimum Gasteiger partial charge on any atom is -0.316 e. The predicted molar refractivity (Wildman–Crippen MR) is 44.1 cm³/mol. The molecule has 78 valence electrons. The second-order valence-electron chi connectivity index (χ2n) is 3.03. The molecule has 0 spiro atoms. The van der Waals surface area contributed by atoms with Crippen LogP contribution in [-0.2, 0) is 0 Å². The van der Waals surface area contributed by atoms with Crippen LogP contribution in [0.15, 0.2) is 18.2 Å². The number of alkyl halides is 3. The van der Waals surface area contributed by atoms with Crippen molar-refractivity contribution in [3.8, 4) is 0 Å². The highest BCUT2D eigenvalue weighted by molar-refractivity contribution is 5.27. The minimum absolute atomic E-state index is 0.128. The molecule has 14 heavy (non-hydrogen) atoms. The lowest BCUT2D eigenvalue weighted by Gasteiger charge is -2.16. The number of rotatable bonds is 1. The lowest BCUT2D eigenvalue weighted by molar-refractivity contribution is -0.149. The molecule has 0 saturated heterocycles. The first-order chi connectivity index (χ1) is 6.32. The van der Waals surface area contributed by atoms with Gasteiger partial charge in [0, 0.05) is 0 Å². The van der Waals surface area contributed by atoms with E-state index in [1.165, 1.54) is 6.92 Å². The van der Waals surface area contributed by atoms with Crippen molar-refractivity contribution in [2.24, 2.45) is 5.73 Å². The molecule has 1 rings (SSSR count). The first kappa shape index (κ1) is 11.0. The normalized spacial score (nSPS) is 14.1. The minimum atomic E-state index is -4.50. The fraction of sp³-hybridized carbons (Fsp3) is 0.333. The molecule has 1 aromatic carbocycles. The third kappa shape index (κ3) is 2.23. The Bertz CT molecular complexity index is 332. The van der Waals surface area contributed by atoms with E-state index in [-0.39, 0.29) is 11.1 Å². The van der Waals surface area contributed by atoms with Crippen molar-refractivity contribution in [2.75, 3.05) is 0 Å². The van der Waals surface area contributed by atoms with Gasteiger partial charge in [-0.3, -0.25) is 0 Å². The van der Waals surface area contributed by atoms with E-state index in [9.17, 15) is 17.6 Å². The average molecular weight is 207 g/mol. The van der Waals surface area contributed by atoms with E-state index in [2.05, 4.69) is 0 Å². The van der Waals surface area contributed by atoms with Crippen LogP contribution in [0, 0.1) is 12.7 Å². The highest BCUT2D eigenvalue weighted by Crippen LogP contribution is 2.30. The smallest absolute Gasteiger partial charge is 0.316 e.